The number of benzene rings is 1. The van der Waals surface area contributed by atoms with Crippen LogP contribution in [-0.2, 0) is 10.1 Å². The second-order valence-corrected chi connectivity index (χ2v) is 4.15. The molecule has 12 heavy (non-hydrogen) atoms. The molecule has 1 rings (SSSR count). The number of hydrogen-bond acceptors (Lipinski definition) is 2. The van der Waals surface area contributed by atoms with E-state index in [0.29, 0.717) is 4.47 Å². The first-order chi connectivity index (χ1) is 5.02. The third-order valence-electron chi connectivity index (χ3n) is 1.11. The first kappa shape index (κ1) is 12.1. The van der Waals surface area contributed by atoms with Crippen molar-refractivity contribution in [1.82, 2.24) is 0 Å². The third-order valence-corrected chi connectivity index (χ3v) is 2.98. The highest BCUT2D eigenvalue weighted by atomic mass is 79.9. The number of hydrogen-bond donors (Lipinski definition) is 1. The maximum absolute atomic E-state index is 10.6. The van der Waals surface area contributed by atoms with E-state index in [4.69, 9.17) is 4.55 Å². The monoisotopic (exact) mass is 266 g/mol. The fraction of sp³-hybridized carbons (Fsp3) is 0. The Balaban J connectivity index is 0.00000121. The van der Waals surface area contributed by atoms with Crippen LogP contribution >= 0.6 is 15.9 Å². The summed E-state index contributed by atoms with van der Waals surface area (Å²) in [6.07, 6.45) is 0. The van der Waals surface area contributed by atoms with Crippen LogP contribution in [-0.4, -0.2) is 30.3 Å². The molecule has 0 amide bonds. The van der Waals surface area contributed by atoms with Crippen LogP contribution in [0.4, 0.5) is 0 Å². The highest BCUT2D eigenvalue weighted by molar-refractivity contribution is 9.10. The first-order valence-electron chi connectivity index (χ1n) is 2.74. The first-order valence-corrected chi connectivity index (χ1v) is 4.97. The molecule has 0 heterocycles. The van der Waals surface area contributed by atoms with Crippen molar-refractivity contribution < 1.29 is 13.0 Å². The van der Waals surface area contributed by atoms with Crippen molar-refractivity contribution in [2.24, 2.45) is 0 Å². The summed E-state index contributed by atoms with van der Waals surface area (Å²) in [7, 11) is -4.08. The molecule has 3 nitrogen and oxygen atoms in total. The number of halogens is 1. The van der Waals surface area contributed by atoms with E-state index in [-0.39, 0.29) is 22.3 Å². The lowest BCUT2D eigenvalue weighted by Gasteiger charge is -1.97. The summed E-state index contributed by atoms with van der Waals surface area (Å²) in [5, 5.41) is 0. The van der Waals surface area contributed by atoms with E-state index < -0.39 is 10.1 Å². The van der Waals surface area contributed by atoms with Crippen LogP contribution in [0.5, 0.6) is 0 Å². The van der Waals surface area contributed by atoms with E-state index in [0.717, 1.165) is 0 Å². The summed E-state index contributed by atoms with van der Waals surface area (Å²) in [5.41, 5.74) is 0. The fourth-order valence-corrected chi connectivity index (χ4v) is 2.12. The molecule has 0 unspecified atom stereocenters. The average molecular weight is 267 g/mol. The smallest absolute Gasteiger partial charge is 0.282 e. The lowest BCUT2D eigenvalue weighted by Crippen LogP contribution is -1.98. The maximum atomic E-state index is 10.6. The van der Waals surface area contributed by atoms with Crippen molar-refractivity contribution in [2.45, 2.75) is 4.90 Å². The zero-order valence-corrected chi connectivity index (χ0v) is 7.76. The molecule has 0 spiro atoms. The van der Waals surface area contributed by atoms with Gasteiger partial charge in [-0.25, -0.2) is 0 Å². The average Bonchev–Trinajstić information content (AvgIpc) is 1.86. The van der Waals surface area contributed by atoms with Gasteiger partial charge in [0.25, 0.3) is 10.1 Å². The Morgan fingerprint density at radius 2 is 1.75 bits per heavy atom. The van der Waals surface area contributed by atoms with Gasteiger partial charge in [0.2, 0.25) is 0 Å². The van der Waals surface area contributed by atoms with Crippen molar-refractivity contribution in [3.8, 4) is 0 Å². The van der Waals surface area contributed by atoms with Gasteiger partial charge in [0.05, 0.1) is 0 Å². The molecular formula is C6H8AlBrO3S. The van der Waals surface area contributed by atoms with Crippen LogP contribution in [0.1, 0.15) is 0 Å². The predicted molar refractivity (Wildman–Crippen MR) is 53.9 cm³/mol. The van der Waals surface area contributed by atoms with Gasteiger partial charge in [0.1, 0.15) is 4.90 Å². The van der Waals surface area contributed by atoms with Crippen molar-refractivity contribution in [1.29, 1.82) is 0 Å². The molecular weight excluding hydrogens is 259 g/mol. The highest BCUT2D eigenvalue weighted by Gasteiger charge is 2.11. The number of rotatable bonds is 1. The molecule has 0 fully saturated rings. The molecule has 0 atom stereocenters. The van der Waals surface area contributed by atoms with Crippen molar-refractivity contribution in [2.75, 3.05) is 0 Å². The van der Waals surface area contributed by atoms with Crippen LogP contribution in [0.2, 0.25) is 0 Å². The van der Waals surface area contributed by atoms with Gasteiger partial charge in [-0.05, 0) is 28.1 Å². The molecule has 66 valence electrons. The molecule has 0 bridgehead atoms. The van der Waals surface area contributed by atoms with E-state index in [1.165, 1.54) is 12.1 Å². The summed E-state index contributed by atoms with van der Waals surface area (Å²) in [6, 6.07) is 6.06. The van der Waals surface area contributed by atoms with E-state index in [2.05, 4.69) is 15.9 Å². The minimum absolute atomic E-state index is 0. The molecule has 0 radical (unpaired) electrons. The lowest BCUT2D eigenvalue weighted by atomic mass is 10.4. The molecule has 1 N–H and O–H groups in total. The van der Waals surface area contributed by atoms with E-state index >= 15 is 0 Å². The SMILES string of the molecule is O=S(=O)(O)c1ccccc1Br.[AlH3]. The van der Waals surface area contributed by atoms with E-state index in [9.17, 15) is 8.42 Å². The quantitative estimate of drug-likeness (QED) is 0.596. The zero-order valence-electron chi connectivity index (χ0n) is 5.36. The van der Waals surface area contributed by atoms with Crippen LogP contribution in [0.15, 0.2) is 33.6 Å². The van der Waals surface area contributed by atoms with Crippen molar-refractivity contribution in [3.63, 3.8) is 0 Å². The predicted octanol–water partition coefficient (Wildman–Crippen LogP) is 0.512. The molecule has 1 aromatic carbocycles. The summed E-state index contributed by atoms with van der Waals surface area (Å²) in [6.45, 7) is 0. The van der Waals surface area contributed by atoms with Gasteiger partial charge in [-0.15, -0.1) is 0 Å². The van der Waals surface area contributed by atoms with Gasteiger partial charge in [0.15, 0.2) is 17.4 Å². The van der Waals surface area contributed by atoms with Crippen LogP contribution in [0, 0.1) is 0 Å². The summed E-state index contributed by atoms with van der Waals surface area (Å²) < 4.78 is 30.1. The Morgan fingerprint density at radius 3 is 2.08 bits per heavy atom. The molecule has 0 aliphatic heterocycles. The van der Waals surface area contributed by atoms with Gasteiger partial charge in [-0.1, -0.05) is 12.1 Å². The van der Waals surface area contributed by atoms with Gasteiger partial charge in [0, 0.05) is 4.47 Å². The molecule has 0 saturated heterocycles. The molecule has 1 aromatic rings. The molecule has 6 heteroatoms. The van der Waals surface area contributed by atoms with E-state index in [1.54, 1.807) is 12.1 Å². The van der Waals surface area contributed by atoms with Crippen LogP contribution in [0.3, 0.4) is 0 Å². The minimum Gasteiger partial charge on any atom is -0.282 e. The Labute approximate surface area is 89.8 Å². The zero-order chi connectivity index (χ0) is 8.48. The Bertz CT molecular complexity index is 363. The largest absolute Gasteiger partial charge is 0.295 e. The molecule has 0 aliphatic carbocycles. The normalized spacial score (nSPS) is 10.5. The van der Waals surface area contributed by atoms with Crippen molar-refractivity contribution >= 4 is 43.4 Å². The minimum atomic E-state index is -4.08. The summed E-state index contributed by atoms with van der Waals surface area (Å²) in [5.74, 6) is 0. The Hall–Kier alpha value is 0.142. The second kappa shape index (κ2) is 4.40. The van der Waals surface area contributed by atoms with Gasteiger partial charge < -0.3 is 0 Å². The third kappa shape index (κ3) is 2.88. The summed E-state index contributed by atoms with van der Waals surface area (Å²) >= 11 is 2.99. The highest BCUT2D eigenvalue weighted by Crippen LogP contribution is 2.20. The van der Waals surface area contributed by atoms with Gasteiger partial charge in [-0.3, -0.25) is 4.55 Å². The fourth-order valence-electron chi connectivity index (χ4n) is 0.654. The van der Waals surface area contributed by atoms with E-state index in [1.807, 2.05) is 0 Å². The van der Waals surface area contributed by atoms with Crippen molar-refractivity contribution in [3.05, 3.63) is 28.7 Å². The van der Waals surface area contributed by atoms with Crippen LogP contribution in [0.25, 0.3) is 0 Å². The van der Waals surface area contributed by atoms with Gasteiger partial charge in [-0.2, -0.15) is 8.42 Å². The second-order valence-electron chi connectivity index (χ2n) is 1.91. The van der Waals surface area contributed by atoms with Crippen LogP contribution < -0.4 is 0 Å². The lowest BCUT2D eigenvalue weighted by molar-refractivity contribution is 0.482. The Morgan fingerprint density at radius 1 is 1.25 bits per heavy atom. The standard InChI is InChI=1S/C6H5BrO3S.Al.3H/c7-5-3-1-2-4-6(5)11(8,9)10;;;;/h1-4H,(H,8,9,10);;;;. The molecule has 0 saturated carbocycles. The maximum Gasteiger partial charge on any atom is 0.295 e. The molecule has 0 aliphatic rings. The van der Waals surface area contributed by atoms with Gasteiger partial charge >= 0.3 is 0 Å². The molecule has 0 aromatic heterocycles. The topological polar surface area (TPSA) is 54.4 Å². The summed E-state index contributed by atoms with van der Waals surface area (Å²) in [4.78, 5) is -0.111. The Kier molecular flexibility index (Phi) is 4.45.